The molecular weight excluding hydrogens is 355 g/mol. The number of anilines is 2. The van der Waals surface area contributed by atoms with E-state index in [0.717, 1.165) is 36.1 Å². The topological polar surface area (TPSA) is 75.9 Å². The lowest BCUT2D eigenvalue weighted by atomic mass is 9.95. The first kappa shape index (κ1) is 18.0. The maximum absolute atomic E-state index is 13.2. The number of nitrogens with two attached hydrogens (primary N) is 1. The van der Waals surface area contributed by atoms with Crippen molar-refractivity contribution in [3.8, 4) is 11.3 Å². The molecule has 144 valence electrons. The van der Waals surface area contributed by atoms with E-state index < -0.39 is 18.0 Å². The summed E-state index contributed by atoms with van der Waals surface area (Å²) in [7, 11) is 0. The molecule has 1 aromatic heterocycles. The van der Waals surface area contributed by atoms with E-state index in [0.29, 0.717) is 12.4 Å². The SMILES string of the molecule is Nc1nc(NC[C@H]2CNC[C@@H]2C(F)(F)F)c2c(n1)-c1ccccc1CCC2. The molecule has 1 saturated heterocycles. The molecule has 1 fully saturated rings. The highest BCUT2D eigenvalue weighted by atomic mass is 19.4. The fourth-order valence-corrected chi connectivity index (χ4v) is 4.09. The van der Waals surface area contributed by atoms with Crippen molar-refractivity contribution in [2.75, 3.05) is 30.7 Å². The van der Waals surface area contributed by atoms with Gasteiger partial charge in [0.05, 0.1) is 11.6 Å². The van der Waals surface area contributed by atoms with Crippen LogP contribution in [0.2, 0.25) is 0 Å². The lowest BCUT2D eigenvalue weighted by molar-refractivity contribution is -0.178. The summed E-state index contributed by atoms with van der Waals surface area (Å²) in [4.78, 5) is 8.75. The highest BCUT2D eigenvalue weighted by Crippen LogP contribution is 2.36. The number of fused-ring (bicyclic) bond motifs is 3. The van der Waals surface area contributed by atoms with Gasteiger partial charge in [-0.15, -0.1) is 0 Å². The second-order valence-corrected chi connectivity index (χ2v) is 7.22. The van der Waals surface area contributed by atoms with Gasteiger partial charge in [0.25, 0.3) is 0 Å². The largest absolute Gasteiger partial charge is 0.393 e. The molecule has 2 aromatic rings. The van der Waals surface area contributed by atoms with Gasteiger partial charge in [0, 0.05) is 36.7 Å². The Hall–Kier alpha value is -2.35. The van der Waals surface area contributed by atoms with E-state index in [9.17, 15) is 13.2 Å². The summed E-state index contributed by atoms with van der Waals surface area (Å²) in [6.45, 7) is 0.498. The number of aromatic nitrogens is 2. The number of rotatable bonds is 3. The van der Waals surface area contributed by atoms with Gasteiger partial charge in [0.15, 0.2) is 0 Å². The van der Waals surface area contributed by atoms with Gasteiger partial charge >= 0.3 is 6.18 Å². The van der Waals surface area contributed by atoms with Gasteiger partial charge < -0.3 is 16.4 Å². The summed E-state index contributed by atoms with van der Waals surface area (Å²) in [6.07, 6.45) is -1.58. The van der Waals surface area contributed by atoms with E-state index in [1.54, 1.807) is 0 Å². The second kappa shape index (κ2) is 6.99. The standard InChI is InChI=1S/C19H22F3N5/c20-19(21,22)15-10-24-8-12(15)9-25-17-14-7-3-5-11-4-1-2-6-13(11)16(14)26-18(23)27-17/h1-2,4,6,12,15,24H,3,5,7-10H2,(H3,23,25,26,27)/t12-,15+/m1/s1. The van der Waals surface area contributed by atoms with Crippen LogP contribution in [0, 0.1) is 11.8 Å². The van der Waals surface area contributed by atoms with Gasteiger partial charge in [-0.05, 0) is 24.8 Å². The van der Waals surface area contributed by atoms with Crippen molar-refractivity contribution in [2.45, 2.75) is 25.4 Å². The molecule has 5 nitrogen and oxygen atoms in total. The summed E-state index contributed by atoms with van der Waals surface area (Å²) in [5, 5.41) is 5.99. The molecule has 0 spiro atoms. The Morgan fingerprint density at radius 3 is 2.78 bits per heavy atom. The van der Waals surface area contributed by atoms with E-state index >= 15 is 0 Å². The van der Waals surface area contributed by atoms with Crippen molar-refractivity contribution >= 4 is 11.8 Å². The summed E-state index contributed by atoms with van der Waals surface area (Å²) >= 11 is 0. The summed E-state index contributed by atoms with van der Waals surface area (Å²) in [5.41, 5.74) is 9.87. The van der Waals surface area contributed by atoms with Crippen LogP contribution < -0.4 is 16.4 Å². The average Bonchev–Trinajstić information content (AvgIpc) is 3.03. The van der Waals surface area contributed by atoms with Crippen LogP contribution >= 0.6 is 0 Å². The Morgan fingerprint density at radius 2 is 1.96 bits per heavy atom. The number of alkyl halides is 3. The van der Waals surface area contributed by atoms with Crippen LogP contribution in [0.5, 0.6) is 0 Å². The molecule has 8 heteroatoms. The number of nitrogen functional groups attached to an aromatic ring is 1. The van der Waals surface area contributed by atoms with Gasteiger partial charge in [-0.1, -0.05) is 24.3 Å². The first-order chi connectivity index (χ1) is 12.9. The molecular formula is C19H22F3N5. The molecule has 1 aromatic carbocycles. The Morgan fingerprint density at radius 1 is 1.15 bits per heavy atom. The maximum atomic E-state index is 13.2. The summed E-state index contributed by atoms with van der Waals surface area (Å²) < 4.78 is 39.5. The van der Waals surface area contributed by atoms with Crippen LogP contribution in [0.15, 0.2) is 24.3 Å². The van der Waals surface area contributed by atoms with Crippen LogP contribution in [0.1, 0.15) is 17.5 Å². The predicted octanol–water partition coefficient (Wildman–Crippen LogP) is 3.02. The lowest BCUT2D eigenvalue weighted by Gasteiger charge is -2.22. The molecule has 2 atom stereocenters. The highest BCUT2D eigenvalue weighted by molar-refractivity contribution is 5.73. The molecule has 0 amide bonds. The van der Waals surface area contributed by atoms with Crippen LogP contribution in [0.25, 0.3) is 11.3 Å². The molecule has 2 aliphatic rings. The number of benzene rings is 1. The van der Waals surface area contributed by atoms with Crippen molar-refractivity contribution in [1.29, 1.82) is 0 Å². The van der Waals surface area contributed by atoms with Crippen molar-refractivity contribution < 1.29 is 13.2 Å². The van der Waals surface area contributed by atoms with Gasteiger partial charge in [-0.3, -0.25) is 0 Å². The number of nitrogens with zero attached hydrogens (tertiary/aromatic N) is 2. The van der Waals surface area contributed by atoms with E-state index in [2.05, 4.69) is 26.7 Å². The van der Waals surface area contributed by atoms with E-state index in [1.165, 1.54) is 5.56 Å². The highest BCUT2D eigenvalue weighted by Gasteiger charge is 2.46. The molecule has 1 aliphatic carbocycles. The summed E-state index contributed by atoms with van der Waals surface area (Å²) in [6, 6.07) is 8.04. The number of halogens is 3. The monoisotopic (exact) mass is 377 g/mol. The number of nitrogens with one attached hydrogen (secondary N) is 2. The Bertz CT molecular complexity index is 837. The zero-order valence-electron chi connectivity index (χ0n) is 14.8. The third-order valence-electron chi connectivity index (χ3n) is 5.46. The quantitative estimate of drug-likeness (QED) is 0.767. The molecule has 0 unspecified atom stereocenters. The van der Waals surface area contributed by atoms with Crippen LogP contribution in [0.4, 0.5) is 24.9 Å². The third-order valence-corrected chi connectivity index (χ3v) is 5.46. The molecule has 2 heterocycles. The minimum atomic E-state index is -4.20. The van der Waals surface area contributed by atoms with Crippen molar-refractivity contribution in [1.82, 2.24) is 15.3 Å². The molecule has 4 N–H and O–H groups in total. The number of hydrogen-bond acceptors (Lipinski definition) is 5. The average molecular weight is 377 g/mol. The Kier molecular flexibility index (Phi) is 4.67. The fraction of sp³-hybridized carbons (Fsp3) is 0.474. The third kappa shape index (κ3) is 3.58. The molecule has 27 heavy (non-hydrogen) atoms. The van der Waals surface area contributed by atoms with Crippen LogP contribution in [0.3, 0.4) is 0 Å². The normalized spacial score (nSPS) is 22.0. The Balaban J connectivity index is 1.63. The minimum Gasteiger partial charge on any atom is -0.369 e. The summed E-state index contributed by atoms with van der Waals surface area (Å²) in [5.74, 6) is -1.19. The minimum absolute atomic E-state index is 0.0345. The molecule has 0 saturated carbocycles. The second-order valence-electron chi connectivity index (χ2n) is 7.22. The maximum Gasteiger partial charge on any atom is 0.393 e. The van der Waals surface area contributed by atoms with Gasteiger partial charge in [-0.25, -0.2) is 4.98 Å². The van der Waals surface area contributed by atoms with Gasteiger partial charge in [0.1, 0.15) is 5.82 Å². The first-order valence-electron chi connectivity index (χ1n) is 9.19. The van der Waals surface area contributed by atoms with Crippen molar-refractivity contribution in [3.05, 3.63) is 35.4 Å². The van der Waals surface area contributed by atoms with Crippen LogP contribution in [-0.2, 0) is 12.8 Å². The predicted molar refractivity (Wildman–Crippen MR) is 98.3 cm³/mol. The van der Waals surface area contributed by atoms with Gasteiger partial charge in [-0.2, -0.15) is 18.2 Å². The number of aryl methyl sites for hydroxylation is 1. The lowest BCUT2D eigenvalue weighted by Crippen LogP contribution is -2.33. The van der Waals surface area contributed by atoms with E-state index in [1.807, 2.05) is 18.2 Å². The smallest absolute Gasteiger partial charge is 0.369 e. The molecule has 0 bridgehead atoms. The molecule has 4 rings (SSSR count). The van der Waals surface area contributed by atoms with Crippen LogP contribution in [-0.4, -0.2) is 35.8 Å². The Labute approximate surface area is 155 Å². The van der Waals surface area contributed by atoms with E-state index in [-0.39, 0.29) is 19.0 Å². The zero-order valence-corrected chi connectivity index (χ0v) is 14.8. The van der Waals surface area contributed by atoms with Crippen molar-refractivity contribution in [3.63, 3.8) is 0 Å². The molecule has 0 radical (unpaired) electrons. The van der Waals surface area contributed by atoms with E-state index in [4.69, 9.17) is 5.73 Å². The van der Waals surface area contributed by atoms with Gasteiger partial charge in [0.2, 0.25) is 5.95 Å². The first-order valence-corrected chi connectivity index (χ1v) is 9.19. The fourth-order valence-electron chi connectivity index (χ4n) is 4.09. The molecule has 1 aliphatic heterocycles. The zero-order chi connectivity index (χ0) is 19.0. The van der Waals surface area contributed by atoms with Crippen molar-refractivity contribution in [2.24, 2.45) is 11.8 Å². The number of hydrogen-bond donors (Lipinski definition) is 3.